The SMILES string of the molecule is CC(CC(C)(C)C)=C1CCCCC1. The van der Waals surface area contributed by atoms with Crippen molar-refractivity contribution in [3.8, 4) is 0 Å². The van der Waals surface area contributed by atoms with Gasteiger partial charge in [0.1, 0.15) is 0 Å². The fraction of sp³-hybridized carbons (Fsp3) is 0.846. The Morgan fingerprint density at radius 1 is 1.08 bits per heavy atom. The molecule has 1 aliphatic carbocycles. The highest BCUT2D eigenvalue weighted by Crippen LogP contribution is 2.31. The zero-order valence-corrected chi connectivity index (χ0v) is 9.74. The number of allylic oxidation sites excluding steroid dienone is 2. The first kappa shape index (κ1) is 10.8. The van der Waals surface area contributed by atoms with Crippen LogP contribution in [-0.2, 0) is 0 Å². The summed E-state index contributed by atoms with van der Waals surface area (Å²) in [5.41, 5.74) is 3.91. The van der Waals surface area contributed by atoms with E-state index in [9.17, 15) is 0 Å². The van der Waals surface area contributed by atoms with E-state index in [-0.39, 0.29) is 0 Å². The largest absolute Gasteiger partial charge is 0.0736 e. The Labute approximate surface area is 83.4 Å². The summed E-state index contributed by atoms with van der Waals surface area (Å²) >= 11 is 0. The van der Waals surface area contributed by atoms with Gasteiger partial charge in [0.25, 0.3) is 0 Å². The second-order valence-corrected chi connectivity index (χ2v) is 5.68. The highest BCUT2D eigenvalue weighted by atomic mass is 14.2. The average molecular weight is 180 g/mol. The molecule has 1 aliphatic rings. The van der Waals surface area contributed by atoms with E-state index in [0.717, 1.165) is 0 Å². The van der Waals surface area contributed by atoms with Crippen molar-refractivity contribution in [2.75, 3.05) is 0 Å². The van der Waals surface area contributed by atoms with Crippen LogP contribution in [0.2, 0.25) is 0 Å². The fourth-order valence-electron chi connectivity index (χ4n) is 2.33. The van der Waals surface area contributed by atoms with E-state index in [0.29, 0.717) is 5.41 Å². The maximum atomic E-state index is 2.34. The van der Waals surface area contributed by atoms with Crippen LogP contribution in [0, 0.1) is 5.41 Å². The predicted molar refractivity (Wildman–Crippen MR) is 59.9 cm³/mol. The Hall–Kier alpha value is -0.260. The topological polar surface area (TPSA) is 0 Å². The summed E-state index contributed by atoms with van der Waals surface area (Å²) in [5, 5.41) is 0. The monoisotopic (exact) mass is 180 g/mol. The normalized spacial score (nSPS) is 18.9. The molecule has 0 radical (unpaired) electrons. The van der Waals surface area contributed by atoms with E-state index >= 15 is 0 Å². The highest BCUT2D eigenvalue weighted by molar-refractivity contribution is 5.14. The summed E-state index contributed by atoms with van der Waals surface area (Å²) < 4.78 is 0. The van der Waals surface area contributed by atoms with Crippen LogP contribution in [0.1, 0.15) is 66.2 Å². The average Bonchev–Trinajstić information content (AvgIpc) is 2.03. The molecule has 1 fully saturated rings. The van der Waals surface area contributed by atoms with Crippen molar-refractivity contribution in [2.24, 2.45) is 5.41 Å². The Bertz CT molecular complexity index is 183. The van der Waals surface area contributed by atoms with Gasteiger partial charge in [-0.3, -0.25) is 0 Å². The third kappa shape index (κ3) is 3.97. The summed E-state index contributed by atoms with van der Waals surface area (Å²) in [6.07, 6.45) is 8.34. The van der Waals surface area contributed by atoms with E-state index in [2.05, 4.69) is 27.7 Å². The first-order chi connectivity index (χ1) is 5.99. The van der Waals surface area contributed by atoms with Gasteiger partial charge in [-0.15, -0.1) is 0 Å². The molecule has 0 nitrogen and oxygen atoms in total. The minimum absolute atomic E-state index is 0.467. The van der Waals surface area contributed by atoms with Crippen LogP contribution < -0.4 is 0 Å². The molecule has 1 rings (SSSR count). The van der Waals surface area contributed by atoms with Crippen molar-refractivity contribution in [3.05, 3.63) is 11.1 Å². The van der Waals surface area contributed by atoms with Gasteiger partial charge in [-0.2, -0.15) is 0 Å². The maximum Gasteiger partial charge on any atom is -0.0271 e. The molecule has 0 unspecified atom stereocenters. The smallest absolute Gasteiger partial charge is 0.0271 e. The zero-order chi connectivity index (χ0) is 9.90. The molecule has 0 spiro atoms. The van der Waals surface area contributed by atoms with Gasteiger partial charge in [0.2, 0.25) is 0 Å². The zero-order valence-electron chi connectivity index (χ0n) is 9.74. The molecule has 1 saturated carbocycles. The van der Waals surface area contributed by atoms with Gasteiger partial charge in [-0.1, -0.05) is 38.3 Å². The van der Waals surface area contributed by atoms with Crippen LogP contribution in [0.25, 0.3) is 0 Å². The number of rotatable bonds is 1. The molecule has 0 aliphatic heterocycles. The number of hydrogen-bond donors (Lipinski definition) is 0. The third-order valence-corrected chi connectivity index (χ3v) is 2.86. The minimum Gasteiger partial charge on any atom is -0.0736 e. The lowest BCUT2D eigenvalue weighted by atomic mass is 9.83. The van der Waals surface area contributed by atoms with Crippen LogP contribution in [0.15, 0.2) is 11.1 Å². The van der Waals surface area contributed by atoms with E-state index < -0.39 is 0 Å². The summed E-state index contributed by atoms with van der Waals surface area (Å²) in [6.45, 7) is 9.34. The van der Waals surface area contributed by atoms with Crippen molar-refractivity contribution in [3.63, 3.8) is 0 Å². The lowest BCUT2D eigenvalue weighted by Gasteiger charge is -2.23. The van der Waals surface area contributed by atoms with Gasteiger partial charge >= 0.3 is 0 Å². The maximum absolute atomic E-state index is 2.34. The van der Waals surface area contributed by atoms with Crippen LogP contribution >= 0.6 is 0 Å². The minimum atomic E-state index is 0.467. The molecule has 0 bridgehead atoms. The summed E-state index contributed by atoms with van der Waals surface area (Å²) in [4.78, 5) is 0. The standard InChI is InChI=1S/C13H24/c1-11(10-13(2,3)4)12-8-6-5-7-9-12/h5-10H2,1-4H3. The quantitative estimate of drug-likeness (QED) is 0.513. The van der Waals surface area contributed by atoms with E-state index in [1.807, 2.05) is 0 Å². The van der Waals surface area contributed by atoms with Gasteiger partial charge in [0.05, 0.1) is 0 Å². The third-order valence-electron chi connectivity index (χ3n) is 2.86. The molecule has 0 aromatic rings. The number of hydrogen-bond acceptors (Lipinski definition) is 0. The van der Waals surface area contributed by atoms with E-state index in [1.54, 1.807) is 11.1 Å². The summed E-state index contributed by atoms with van der Waals surface area (Å²) in [5.74, 6) is 0. The van der Waals surface area contributed by atoms with E-state index in [1.165, 1.54) is 38.5 Å². The Morgan fingerprint density at radius 2 is 1.62 bits per heavy atom. The van der Waals surface area contributed by atoms with Crippen LogP contribution in [0.5, 0.6) is 0 Å². The summed E-state index contributed by atoms with van der Waals surface area (Å²) in [7, 11) is 0. The van der Waals surface area contributed by atoms with Crippen molar-refractivity contribution >= 4 is 0 Å². The van der Waals surface area contributed by atoms with Crippen molar-refractivity contribution in [1.29, 1.82) is 0 Å². The van der Waals surface area contributed by atoms with Crippen molar-refractivity contribution < 1.29 is 0 Å². The molecule has 76 valence electrons. The molecule has 0 atom stereocenters. The molecule has 0 aromatic carbocycles. The lowest BCUT2D eigenvalue weighted by Crippen LogP contribution is -2.07. The summed E-state index contributed by atoms with van der Waals surface area (Å²) in [6, 6.07) is 0. The van der Waals surface area contributed by atoms with Crippen molar-refractivity contribution in [1.82, 2.24) is 0 Å². The van der Waals surface area contributed by atoms with Crippen molar-refractivity contribution in [2.45, 2.75) is 66.2 Å². The van der Waals surface area contributed by atoms with Gasteiger partial charge in [-0.25, -0.2) is 0 Å². The van der Waals surface area contributed by atoms with Gasteiger partial charge in [0.15, 0.2) is 0 Å². The molecular formula is C13H24. The second-order valence-electron chi connectivity index (χ2n) is 5.68. The molecular weight excluding hydrogens is 156 g/mol. The van der Waals surface area contributed by atoms with Gasteiger partial charge in [-0.05, 0) is 44.4 Å². The molecule has 0 heterocycles. The van der Waals surface area contributed by atoms with Crippen LogP contribution in [0.3, 0.4) is 0 Å². The fourth-order valence-corrected chi connectivity index (χ4v) is 2.33. The lowest BCUT2D eigenvalue weighted by molar-refractivity contribution is 0.405. The molecule has 13 heavy (non-hydrogen) atoms. The second kappa shape index (κ2) is 4.30. The Kier molecular flexibility index (Phi) is 3.58. The van der Waals surface area contributed by atoms with Crippen LogP contribution in [-0.4, -0.2) is 0 Å². The Morgan fingerprint density at radius 3 is 2.08 bits per heavy atom. The molecule has 0 amide bonds. The molecule has 0 aromatic heterocycles. The first-order valence-corrected chi connectivity index (χ1v) is 5.66. The first-order valence-electron chi connectivity index (χ1n) is 5.66. The molecule has 0 heteroatoms. The van der Waals surface area contributed by atoms with Gasteiger partial charge in [0, 0.05) is 0 Å². The highest BCUT2D eigenvalue weighted by Gasteiger charge is 2.14. The van der Waals surface area contributed by atoms with Gasteiger partial charge < -0.3 is 0 Å². The predicted octanol–water partition coefficient (Wildman–Crippen LogP) is 4.70. The Balaban J connectivity index is 2.56. The molecule has 0 saturated heterocycles. The molecule has 0 N–H and O–H groups in total. The van der Waals surface area contributed by atoms with E-state index in [4.69, 9.17) is 0 Å². The van der Waals surface area contributed by atoms with Crippen LogP contribution in [0.4, 0.5) is 0 Å².